The highest BCUT2D eigenvalue weighted by Crippen LogP contribution is 2.33. The van der Waals surface area contributed by atoms with Gasteiger partial charge in [0.05, 0.1) is 32.0 Å². The number of thiazole rings is 2. The lowest BCUT2D eigenvalue weighted by atomic mass is 10.1. The summed E-state index contributed by atoms with van der Waals surface area (Å²) in [4.78, 5) is 9.71. The second-order valence-corrected chi connectivity index (χ2v) is 7.65. The van der Waals surface area contributed by atoms with E-state index in [9.17, 15) is 0 Å². The molecular formula is C15H13Cl2N5S2. The second-order valence-electron chi connectivity index (χ2n) is 4.94. The summed E-state index contributed by atoms with van der Waals surface area (Å²) in [6.45, 7) is 3.80. The molecule has 0 spiro atoms. The van der Waals surface area contributed by atoms with Gasteiger partial charge in [-0.15, -0.1) is 11.3 Å². The third-order valence-corrected chi connectivity index (χ3v) is 5.70. The highest BCUT2D eigenvalue weighted by molar-refractivity contribution is 7.19. The first-order chi connectivity index (χ1) is 11.4. The van der Waals surface area contributed by atoms with Gasteiger partial charge >= 0.3 is 0 Å². The Labute approximate surface area is 157 Å². The zero-order valence-electron chi connectivity index (χ0n) is 12.8. The van der Waals surface area contributed by atoms with Crippen LogP contribution >= 0.6 is 45.9 Å². The van der Waals surface area contributed by atoms with Crippen LogP contribution < -0.4 is 11.2 Å². The van der Waals surface area contributed by atoms with Crippen molar-refractivity contribution in [3.63, 3.8) is 0 Å². The molecule has 3 aromatic rings. The van der Waals surface area contributed by atoms with Crippen molar-refractivity contribution in [2.75, 3.05) is 11.2 Å². The van der Waals surface area contributed by atoms with Crippen LogP contribution in [0.15, 0.2) is 28.7 Å². The van der Waals surface area contributed by atoms with Gasteiger partial charge in [0, 0.05) is 5.38 Å². The molecule has 0 saturated heterocycles. The first-order valence-corrected chi connectivity index (χ1v) is 9.34. The number of hydrogen-bond donors (Lipinski definition) is 2. The Morgan fingerprint density at radius 2 is 2.04 bits per heavy atom. The van der Waals surface area contributed by atoms with Crippen LogP contribution in [0.5, 0.6) is 0 Å². The summed E-state index contributed by atoms with van der Waals surface area (Å²) in [5.74, 6) is 0. The molecule has 0 aliphatic carbocycles. The van der Waals surface area contributed by atoms with E-state index in [1.165, 1.54) is 22.7 Å². The van der Waals surface area contributed by atoms with Gasteiger partial charge in [0.25, 0.3) is 0 Å². The maximum atomic E-state index is 6.03. The Morgan fingerprint density at radius 1 is 1.25 bits per heavy atom. The zero-order chi connectivity index (χ0) is 17.3. The fraction of sp³-hybridized carbons (Fsp3) is 0.133. The van der Waals surface area contributed by atoms with E-state index in [4.69, 9.17) is 28.9 Å². The van der Waals surface area contributed by atoms with E-state index in [0.717, 1.165) is 27.5 Å². The van der Waals surface area contributed by atoms with Crippen LogP contribution in [0.25, 0.3) is 10.6 Å². The molecule has 2 aromatic heterocycles. The summed E-state index contributed by atoms with van der Waals surface area (Å²) in [5, 5.41) is 8.54. The lowest BCUT2D eigenvalue weighted by molar-refractivity contribution is 1.25. The van der Waals surface area contributed by atoms with Crippen molar-refractivity contribution in [2.45, 2.75) is 13.8 Å². The first-order valence-electron chi connectivity index (χ1n) is 6.88. The topological polar surface area (TPSA) is 76.2 Å². The van der Waals surface area contributed by atoms with Crippen molar-refractivity contribution in [1.82, 2.24) is 9.97 Å². The van der Waals surface area contributed by atoms with Crippen molar-refractivity contribution in [3.05, 3.63) is 44.9 Å². The molecule has 3 N–H and O–H groups in total. The van der Waals surface area contributed by atoms with E-state index < -0.39 is 0 Å². The van der Waals surface area contributed by atoms with Crippen LogP contribution in [0.4, 0.5) is 10.3 Å². The van der Waals surface area contributed by atoms with E-state index in [2.05, 4.69) is 20.5 Å². The minimum absolute atomic E-state index is 0.499. The van der Waals surface area contributed by atoms with E-state index in [-0.39, 0.29) is 0 Å². The standard InChI is InChI=1S/C15H13Cl2N5S2/c1-7(9-3-4-10(16)11(17)5-9)21-22-15-20-12(6-23-15)13-8(2)19-14(18)24-13/h3-6H,1-2H3,(H2,18,19)(H,20,22). The fourth-order valence-corrected chi connectivity index (χ4v) is 3.81. The number of nitrogen functional groups attached to an aromatic ring is 1. The summed E-state index contributed by atoms with van der Waals surface area (Å²) in [6, 6.07) is 5.39. The normalized spacial score (nSPS) is 11.8. The number of hydrogen-bond acceptors (Lipinski definition) is 7. The molecule has 0 unspecified atom stereocenters. The summed E-state index contributed by atoms with van der Waals surface area (Å²) >= 11 is 14.8. The number of rotatable bonds is 4. The van der Waals surface area contributed by atoms with E-state index >= 15 is 0 Å². The monoisotopic (exact) mass is 397 g/mol. The number of nitrogens with zero attached hydrogens (tertiary/aromatic N) is 3. The Balaban J connectivity index is 1.77. The van der Waals surface area contributed by atoms with Crippen molar-refractivity contribution >= 4 is 61.9 Å². The highest BCUT2D eigenvalue weighted by Gasteiger charge is 2.11. The predicted molar refractivity (Wildman–Crippen MR) is 105 cm³/mol. The van der Waals surface area contributed by atoms with Gasteiger partial charge in [-0.25, -0.2) is 9.97 Å². The molecule has 2 heterocycles. The van der Waals surface area contributed by atoms with Gasteiger partial charge < -0.3 is 5.73 Å². The highest BCUT2D eigenvalue weighted by atomic mass is 35.5. The third-order valence-electron chi connectivity index (χ3n) is 3.21. The molecular weight excluding hydrogens is 385 g/mol. The average molecular weight is 398 g/mol. The molecule has 0 fully saturated rings. The Bertz CT molecular complexity index is 916. The fourth-order valence-electron chi connectivity index (χ4n) is 2.00. The summed E-state index contributed by atoms with van der Waals surface area (Å²) in [7, 11) is 0. The van der Waals surface area contributed by atoms with Crippen molar-refractivity contribution in [1.29, 1.82) is 0 Å². The summed E-state index contributed by atoms with van der Waals surface area (Å²) in [6.07, 6.45) is 0. The maximum Gasteiger partial charge on any atom is 0.203 e. The van der Waals surface area contributed by atoms with Gasteiger partial charge in [0.1, 0.15) is 0 Å². The second kappa shape index (κ2) is 7.06. The number of hydrazone groups is 1. The number of aryl methyl sites for hydroxylation is 1. The number of aromatic nitrogens is 2. The van der Waals surface area contributed by atoms with Gasteiger partial charge in [-0.3, -0.25) is 5.43 Å². The molecule has 0 amide bonds. The van der Waals surface area contributed by atoms with Gasteiger partial charge in [0.15, 0.2) is 5.13 Å². The first kappa shape index (κ1) is 17.2. The van der Waals surface area contributed by atoms with Crippen molar-refractivity contribution in [2.24, 2.45) is 5.10 Å². The van der Waals surface area contributed by atoms with E-state index in [1.807, 2.05) is 25.3 Å². The molecule has 1 aromatic carbocycles. The van der Waals surface area contributed by atoms with Gasteiger partial charge in [-0.1, -0.05) is 40.6 Å². The molecule has 0 bridgehead atoms. The SMILES string of the molecule is CC(=NNc1nc(-c2sc(N)nc2C)cs1)c1ccc(Cl)c(Cl)c1. The van der Waals surface area contributed by atoms with Crippen LogP contribution in [0.3, 0.4) is 0 Å². The Morgan fingerprint density at radius 3 is 2.71 bits per heavy atom. The molecule has 0 atom stereocenters. The molecule has 0 aliphatic rings. The van der Waals surface area contributed by atoms with Gasteiger partial charge in [-0.05, 0) is 31.5 Å². The number of nitrogens with two attached hydrogens (primary N) is 1. The molecule has 0 aliphatic heterocycles. The van der Waals surface area contributed by atoms with Crippen molar-refractivity contribution < 1.29 is 0 Å². The molecule has 3 rings (SSSR count). The van der Waals surface area contributed by atoms with Gasteiger partial charge in [0.2, 0.25) is 5.13 Å². The lowest BCUT2D eigenvalue weighted by Crippen LogP contribution is -1.99. The molecule has 9 heteroatoms. The lowest BCUT2D eigenvalue weighted by Gasteiger charge is -2.03. The van der Waals surface area contributed by atoms with E-state index in [0.29, 0.717) is 20.3 Å². The summed E-state index contributed by atoms with van der Waals surface area (Å²) in [5.41, 5.74) is 12.1. The third kappa shape index (κ3) is 3.70. The minimum atomic E-state index is 0.499. The van der Waals surface area contributed by atoms with E-state index in [1.54, 1.807) is 12.1 Å². The quantitative estimate of drug-likeness (QED) is 0.462. The number of halogens is 2. The molecule has 24 heavy (non-hydrogen) atoms. The molecule has 5 nitrogen and oxygen atoms in total. The van der Waals surface area contributed by atoms with Crippen LogP contribution in [0.2, 0.25) is 10.0 Å². The van der Waals surface area contributed by atoms with Crippen molar-refractivity contribution in [3.8, 4) is 10.6 Å². The molecule has 0 saturated carbocycles. The predicted octanol–water partition coefficient (Wildman–Crippen LogP) is 5.30. The number of nitrogens with one attached hydrogen (secondary N) is 1. The summed E-state index contributed by atoms with van der Waals surface area (Å²) < 4.78 is 0. The number of benzene rings is 1. The Kier molecular flexibility index (Phi) is 5.05. The minimum Gasteiger partial charge on any atom is -0.375 e. The molecule has 124 valence electrons. The average Bonchev–Trinajstić information content (AvgIpc) is 3.13. The van der Waals surface area contributed by atoms with Crippen LogP contribution in [-0.2, 0) is 0 Å². The molecule has 0 radical (unpaired) electrons. The van der Waals surface area contributed by atoms with Crippen LogP contribution in [-0.4, -0.2) is 15.7 Å². The zero-order valence-corrected chi connectivity index (χ0v) is 15.9. The van der Waals surface area contributed by atoms with Gasteiger partial charge in [-0.2, -0.15) is 5.10 Å². The Hall–Kier alpha value is -1.67. The maximum absolute atomic E-state index is 6.03. The largest absolute Gasteiger partial charge is 0.375 e. The smallest absolute Gasteiger partial charge is 0.203 e. The van der Waals surface area contributed by atoms with Crippen LogP contribution in [0, 0.1) is 6.92 Å². The van der Waals surface area contributed by atoms with Crippen LogP contribution in [0.1, 0.15) is 18.2 Å². The number of anilines is 2.